The van der Waals surface area contributed by atoms with Gasteiger partial charge in [0.2, 0.25) is 0 Å². The molecule has 2 heterocycles. The number of nitrogens with one attached hydrogen (secondary N) is 1. The van der Waals surface area contributed by atoms with Crippen molar-refractivity contribution in [1.29, 1.82) is 0 Å². The second kappa shape index (κ2) is 6.41. The molecule has 1 N–H and O–H groups in total. The Kier molecular flexibility index (Phi) is 4.16. The fraction of sp³-hybridized carbons (Fsp3) is 0.176. The summed E-state index contributed by atoms with van der Waals surface area (Å²) in [6.45, 7) is 1.13. The first-order valence-corrected chi connectivity index (χ1v) is 7.11. The van der Waals surface area contributed by atoms with Crippen molar-refractivity contribution in [2.45, 2.75) is 0 Å². The summed E-state index contributed by atoms with van der Waals surface area (Å²) in [5, 5.41) is 3.20. The molecule has 0 amide bonds. The van der Waals surface area contributed by atoms with Gasteiger partial charge in [-0.1, -0.05) is 36.4 Å². The van der Waals surface area contributed by atoms with E-state index in [1.54, 1.807) is 17.7 Å². The molecule has 2 aromatic heterocycles. The number of ether oxygens (including phenoxy) is 1. The molecule has 0 fully saturated rings. The number of anilines is 1. The van der Waals surface area contributed by atoms with E-state index >= 15 is 0 Å². The SMILES string of the molecule is COCCNc1nc2ccccn2c(=O)c1-c1ccccc1. The maximum atomic E-state index is 12.8. The van der Waals surface area contributed by atoms with Crippen LogP contribution in [-0.4, -0.2) is 29.6 Å². The quantitative estimate of drug-likeness (QED) is 0.734. The van der Waals surface area contributed by atoms with Gasteiger partial charge in [-0.3, -0.25) is 9.20 Å². The van der Waals surface area contributed by atoms with Gasteiger partial charge in [0.25, 0.3) is 5.56 Å². The molecule has 22 heavy (non-hydrogen) atoms. The van der Waals surface area contributed by atoms with E-state index in [-0.39, 0.29) is 5.56 Å². The van der Waals surface area contributed by atoms with Crippen molar-refractivity contribution in [2.24, 2.45) is 0 Å². The molecule has 5 nitrogen and oxygen atoms in total. The van der Waals surface area contributed by atoms with Crippen molar-refractivity contribution in [2.75, 3.05) is 25.6 Å². The van der Waals surface area contributed by atoms with Gasteiger partial charge in [-0.25, -0.2) is 4.98 Å². The lowest BCUT2D eigenvalue weighted by molar-refractivity contribution is 0.210. The molecule has 0 radical (unpaired) electrons. The van der Waals surface area contributed by atoms with Crippen LogP contribution in [0, 0.1) is 0 Å². The Bertz CT molecular complexity index is 828. The van der Waals surface area contributed by atoms with Crippen LogP contribution in [0.2, 0.25) is 0 Å². The van der Waals surface area contributed by atoms with Gasteiger partial charge in [0, 0.05) is 19.9 Å². The van der Waals surface area contributed by atoms with Crippen LogP contribution >= 0.6 is 0 Å². The molecule has 0 saturated carbocycles. The van der Waals surface area contributed by atoms with Crippen LogP contribution in [0.5, 0.6) is 0 Å². The minimum absolute atomic E-state index is 0.0864. The number of aromatic nitrogens is 2. The number of methoxy groups -OCH3 is 1. The van der Waals surface area contributed by atoms with E-state index in [4.69, 9.17) is 4.74 Å². The highest BCUT2D eigenvalue weighted by Crippen LogP contribution is 2.23. The zero-order chi connectivity index (χ0) is 15.4. The topological polar surface area (TPSA) is 55.6 Å². The number of pyridine rings is 1. The highest BCUT2D eigenvalue weighted by atomic mass is 16.5. The molecule has 0 atom stereocenters. The fourth-order valence-electron chi connectivity index (χ4n) is 2.35. The lowest BCUT2D eigenvalue weighted by Crippen LogP contribution is -2.21. The zero-order valence-corrected chi connectivity index (χ0v) is 12.3. The van der Waals surface area contributed by atoms with E-state index in [1.165, 1.54) is 0 Å². The van der Waals surface area contributed by atoms with E-state index in [9.17, 15) is 4.79 Å². The van der Waals surface area contributed by atoms with Gasteiger partial charge in [0.1, 0.15) is 11.5 Å². The van der Waals surface area contributed by atoms with Crippen molar-refractivity contribution in [3.63, 3.8) is 0 Å². The normalized spacial score (nSPS) is 10.8. The molecule has 0 aliphatic rings. The lowest BCUT2D eigenvalue weighted by Gasteiger charge is -2.12. The summed E-state index contributed by atoms with van der Waals surface area (Å²) >= 11 is 0. The van der Waals surface area contributed by atoms with E-state index in [0.717, 1.165) is 5.56 Å². The van der Waals surface area contributed by atoms with E-state index in [0.29, 0.717) is 30.2 Å². The standard InChI is InChI=1S/C17H17N3O2/c1-22-12-10-18-16-15(13-7-3-2-4-8-13)17(21)20-11-6-5-9-14(20)19-16/h2-9,11,18H,10,12H2,1H3. The third kappa shape index (κ3) is 2.71. The average Bonchev–Trinajstić information content (AvgIpc) is 2.56. The molecule has 3 aromatic rings. The van der Waals surface area contributed by atoms with Crippen molar-refractivity contribution < 1.29 is 4.74 Å². The fourth-order valence-corrected chi connectivity index (χ4v) is 2.35. The van der Waals surface area contributed by atoms with Gasteiger partial charge in [0.05, 0.1) is 12.2 Å². The smallest absolute Gasteiger partial charge is 0.267 e. The number of benzene rings is 1. The molecule has 0 spiro atoms. The first-order chi connectivity index (χ1) is 10.8. The van der Waals surface area contributed by atoms with Crippen LogP contribution in [0.1, 0.15) is 0 Å². The van der Waals surface area contributed by atoms with Crippen molar-refractivity contribution in [3.8, 4) is 11.1 Å². The van der Waals surface area contributed by atoms with E-state index in [1.807, 2.05) is 48.5 Å². The molecule has 0 bridgehead atoms. The molecule has 1 aromatic carbocycles. The summed E-state index contributed by atoms with van der Waals surface area (Å²) in [6.07, 6.45) is 1.73. The third-order valence-corrected chi connectivity index (χ3v) is 3.40. The minimum Gasteiger partial charge on any atom is -0.383 e. The third-order valence-electron chi connectivity index (χ3n) is 3.40. The molecule has 0 unspecified atom stereocenters. The molecule has 112 valence electrons. The molecular weight excluding hydrogens is 278 g/mol. The van der Waals surface area contributed by atoms with Gasteiger partial charge >= 0.3 is 0 Å². The summed E-state index contributed by atoms with van der Waals surface area (Å²) in [5.74, 6) is 0.583. The second-order valence-electron chi connectivity index (χ2n) is 4.86. The Morgan fingerprint density at radius 3 is 2.68 bits per heavy atom. The van der Waals surface area contributed by atoms with Crippen LogP contribution in [-0.2, 0) is 4.74 Å². The highest BCUT2D eigenvalue weighted by molar-refractivity contribution is 5.76. The van der Waals surface area contributed by atoms with Gasteiger partial charge in [-0.15, -0.1) is 0 Å². The van der Waals surface area contributed by atoms with Crippen LogP contribution in [0.25, 0.3) is 16.8 Å². The minimum atomic E-state index is -0.0864. The summed E-state index contributed by atoms with van der Waals surface area (Å²) in [4.78, 5) is 17.4. The van der Waals surface area contributed by atoms with E-state index < -0.39 is 0 Å². The number of fused-ring (bicyclic) bond motifs is 1. The molecule has 0 saturated heterocycles. The number of hydrogen-bond acceptors (Lipinski definition) is 4. The van der Waals surface area contributed by atoms with Crippen LogP contribution in [0.3, 0.4) is 0 Å². The van der Waals surface area contributed by atoms with Gasteiger partial charge in [0.15, 0.2) is 0 Å². The largest absolute Gasteiger partial charge is 0.383 e. The molecule has 3 rings (SSSR count). The molecule has 5 heteroatoms. The van der Waals surface area contributed by atoms with Crippen LogP contribution in [0.15, 0.2) is 59.5 Å². The Hall–Kier alpha value is -2.66. The summed E-state index contributed by atoms with van der Waals surface area (Å²) in [7, 11) is 1.64. The first kappa shape index (κ1) is 14.3. The number of rotatable bonds is 5. The predicted octanol–water partition coefficient (Wildman–Crippen LogP) is 2.42. The zero-order valence-electron chi connectivity index (χ0n) is 12.3. The number of nitrogens with zero attached hydrogens (tertiary/aromatic N) is 2. The highest BCUT2D eigenvalue weighted by Gasteiger charge is 2.14. The average molecular weight is 295 g/mol. The molecule has 0 aliphatic carbocycles. The van der Waals surface area contributed by atoms with Gasteiger partial charge < -0.3 is 10.1 Å². The number of hydrogen-bond donors (Lipinski definition) is 1. The first-order valence-electron chi connectivity index (χ1n) is 7.11. The van der Waals surface area contributed by atoms with Gasteiger partial charge in [-0.2, -0.15) is 0 Å². The van der Waals surface area contributed by atoms with Crippen molar-refractivity contribution in [3.05, 3.63) is 65.1 Å². The molecular formula is C17H17N3O2. The summed E-state index contributed by atoms with van der Waals surface area (Å²) < 4.78 is 6.61. The molecule has 0 aliphatic heterocycles. The Morgan fingerprint density at radius 2 is 1.91 bits per heavy atom. The maximum Gasteiger partial charge on any atom is 0.267 e. The Balaban J connectivity index is 2.20. The van der Waals surface area contributed by atoms with Crippen molar-refractivity contribution in [1.82, 2.24) is 9.38 Å². The monoisotopic (exact) mass is 295 g/mol. The van der Waals surface area contributed by atoms with Crippen molar-refractivity contribution >= 4 is 11.5 Å². The van der Waals surface area contributed by atoms with Gasteiger partial charge in [-0.05, 0) is 17.7 Å². The van der Waals surface area contributed by atoms with Crippen LogP contribution < -0.4 is 10.9 Å². The summed E-state index contributed by atoms with van der Waals surface area (Å²) in [6, 6.07) is 15.1. The predicted molar refractivity (Wildman–Crippen MR) is 87.3 cm³/mol. The Morgan fingerprint density at radius 1 is 1.14 bits per heavy atom. The van der Waals surface area contributed by atoms with Crippen LogP contribution in [0.4, 0.5) is 5.82 Å². The lowest BCUT2D eigenvalue weighted by atomic mass is 10.1. The Labute approximate surface area is 128 Å². The second-order valence-corrected chi connectivity index (χ2v) is 4.86. The van der Waals surface area contributed by atoms with E-state index in [2.05, 4.69) is 10.3 Å². The summed E-state index contributed by atoms with van der Waals surface area (Å²) in [5.41, 5.74) is 1.95. The maximum absolute atomic E-state index is 12.8.